The summed E-state index contributed by atoms with van der Waals surface area (Å²) in [5.74, 6) is -4.19. The molecule has 3 aromatic heterocycles. The van der Waals surface area contributed by atoms with Gasteiger partial charge in [0.15, 0.2) is 12.4 Å². The third-order valence-electron chi connectivity index (χ3n) is 13.3. The summed E-state index contributed by atoms with van der Waals surface area (Å²) < 4.78 is 54.6. The van der Waals surface area contributed by atoms with E-state index in [0.29, 0.717) is 48.6 Å². The molecule has 5 aliphatic rings. The van der Waals surface area contributed by atoms with Crippen LogP contribution in [-0.2, 0) is 23.7 Å². The molecule has 0 spiro atoms. The molecule has 2 unspecified atom stereocenters. The minimum absolute atomic E-state index is 0.000858. The van der Waals surface area contributed by atoms with E-state index in [-0.39, 0.29) is 51.2 Å². The lowest BCUT2D eigenvalue weighted by molar-refractivity contribution is -0.134. The van der Waals surface area contributed by atoms with E-state index in [1.807, 2.05) is 17.8 Å². The molecular weight excluding hydrogens is 827 g/mol. The van der Waals surface area contributed by atoms with Crippen molar-refractivity contribution in [1.82, 2.24) is 34.5 Å². The minimum Gasteiger partial charge on any atom is -0.480 e. The monoisotopic (exact) mass is 873 g/mol. The summed E-state index contributed by atoms with van der Waals surface area (Å²) in [6.45, 7) is 5.16. The van der Waals surface area contributed by atoms with Crippen LogP contribution in [0, 0.1) is 17.7 Å². The maximum Gasteiger partial charge on any atom is 0.301 e. The number of nitrogens with zero attached hydrogens (tertiary/aromatic N) is 8. The Bertz CT molecular complexity index is 2670. The highest BCUT2D eigenvalue weighted by Crippen LogP contribution is 2.46. The summed E-state index contributed by atoms with van der Waals surface area (Å²) in [4.78, 5) is 53.7. The zero-order valence-corrected chi connectivity index (χ0v) is 35.2. The molecule has 3 saturated heterocycles. The average molecular weight is 874 g/mol. The third kappa shape index (κ3) is 7.43. The molecule has 15 nitrogen and oxygen atoms in total. The van der Waals surface area contributed by atoms with Crippen LogP contribution in [0.3, 0.4) is 0 Å². The van der Waals surface area contributed by atoms with Gasteiger partial charge in [0.25, 0.3) is 5.56 Å². The Morgan fingerprint density at radius 1 is 0.935 bits per heavy atom. The van der Waals surface area contributed by atoms with Crippen molar-refractivity contribution in [3.05, 3.63) is 63.4 Å². The number of fused-ring (bicyclic) bond motifs is 4. The molecule has 0 radical (unpaired) electrons. The molecule has 62 heavy (non-hydrogen) atoms. The first-order chi connectivity index (χ1) is 29.8. The largest absolute Gasteiger partial charge is 0.480 e. The van der Waals surface area contributed by atoms with Gasteiger partial charge < -0.3 is 29.7 Å². The van der Waals surface area contributed by atoms with E-state index in [1.165, 1.54) is 29.9 Å². The zero-order valence-electron chi connectivity index (χ0n) is 34.4. The lowest BCUT2D eigenvalue weighted by atomic mass is 9.93. The van der Waals surface area contributed by atoms with Gasteiger partial charge in [-0.2, -0.15) is 10.1 Å². The number of anilines is 5. The molecule has 3 N–H and O–H groups in total. The van der Waals surface area contributed by atoms with Gasteiger partial charge in [-0.3, -0.25) is 29.3 Å². The van der Waals surface area contributed by atoms with Gasteiger partial charge in [0.1, 0.15) is 10.8 Å². The Labute approximate surface area is 359 Å². The van der Waals surface area contributed by atoms with E-state index in [0.717, 1.165) is 75.2 Å². The van der Waals surface area contributed by atoms with Crippen LogP contribution < -0.4 is 36.0 Å². The minimum atomic E-state index is -3.21. The second kappa shape index (κ2) is 15.6. The van der Waals surface area contributed by atoms with Crippen LogP contribution in [0.4, 0.5) is 42.0 Å². The predicted octanol–water partition coefficient (Wildman–Crippen LogP) is 5.53. The van der Waals surface area contributed by atoms with Crippen LogP contribution >= 0.6 is 11.6 Å². The van der Waals surface area contributed by atoms with Crippen LogP contribution in [0.15, 0.2) is 41.3 Å². The topological polar surface area (TPSA) is 155 Å². The zero-order chi connectivity index (χ0) is 43.0. The highest BCUT2D eigenvalue weighted by molar-refractivity contribution is 6.33. The number of imide groups is 1. The molecule has 5 aromatic rings. The van der Waals surface area contributed by atoms with Crippen molar-refractivity contribution in [3.8, 4) is 5.75 Å². The second-order valence-electron chi connectivity index (χ2n) is 17.4. The molecule has 2 atom stereocenters. The number of aromatic nitrogens is 5. The Balaban J connectivity index is 0.774. The third-order valence-corrected chi connectivity index (χ3v) is 13.5. The van der Waals surface area contributed by atoms with Crippen LogP contribution in [0.5, 0.6) is 5.75 Å². The van der Waals surface area contributed by atoms with Gasteiger partial charge in [-0.05, 0) is 68.2 Å². The van der Waals surface area contributed by atoms with Crippen molar-refractivity contribution < 1.29 is 27.5 Å². The van der Waals surface area contributed by atoms with Crippen LogP contribution in [0.2, 0.25) is 5.02 Å². The maximum absolute atomic E-state index is 15.8. The van der Waals surface area contributed by atoms with Gasteiger partial charge in [0.2, 0.25) is 23.5 Å². The molecule has 1 aliphatic carbocycles. The number of halogens is 4. The fraction of sp³-hybridized carbons (Fsp3) is 0.488. The van der Waals surface area contributed by atoms with Crippen LogP contribution in [0.25, 0.3) is 21.8 Å². The summed E-state index contributed by atoms with van der Waals surface area (Å²) in [6.07, 6.45) is 5.42. The first-order valence-electron chi connectivity index (χ1n) is 21.3. The highest BCUT2D eigenvalue weighted by Gasteiger charge is 2.51. The smallest absolute Gasteiger partial charge is 0.301 e. The number of benzene rings is 2. The highest BCUT2D eigenvalue weighted by atomic mass is 35.5. The van der Waals surface area contributed by atoms with Gasteiger partial charge in [-0.1, -0.05) is 11.6 Å². The molecule has 7 heterocycles. The van der Waals surface area contributed by atoms with E-state index >= 15 is 13.2 Å². The molecule has 0 bridgehead atoms. The molecule has 2 amide bonds. The normalized spacial score (nSPS) is 22.3. The number of aryl methyl sites for hydroxylation is 2. The number of alkyl halides is 2. The summed E-state index contributed by atoms with van der Waals surface area (Å²) in [5, 5.41) is 14.5. The molecule has 326 valence electrons. The standard InChI is InChI=1S/C43H47ClF3N11O4/c1-54-32-19-30(45)31(18-28(32)36-37(41(54)61)62-22-43(46,47)38(51-36)24-3-4-24)49-39-29(44)20-48-42(52-39)58-11-9-23(10-12-58)21-56-13-15-57(16-14-56)25-5-6-26-33(17-25)55(2)53-35(26)27-7-8-34(59)50-40(27)60/h5-6,17-20,23-24,27,38,51H,3-4,7-16,21-22H2,1-2H3,(H,48,49,52)(H,50,59,60). The van der Waals surface area contributed by atoms with Crippen molar-refractivity contribution in [2.24, 2.45) is 25.9 Å². The fourth-order valence-electron chi connectivity index (χ4n) is 9.59. The number of hydrogen-bond acceptors (Lipinski definition) is 12. The Morgan fingerprint density at radius 3 is 2.45 bits per heavy atom. The number of piperazine rings is 1. The lowest BCUT2D eigenvalue weighted by Gasteiger charge is -2.39. The van der Waals surface area contributed by atoms with Gasteiger partial charge >= 0.3 is 5.92 Å². The summed E-state index contributed by atoms with van der Waals surface area (Å²) in [5.41, 5.74) is 2.49. The number of rotatable bonds is 8. The van der Waals surface area contributed by atoms with E-state index in [9.17, 15) is 14.4 Å². The Hall–Kier alpha value is -5.62. The van der Waals surface area contributed by atoms with Crippen molar-refractivity contribution in [3.63, 3.8) is 0 Å². The summed E-state index contributed by atoms with van der Waals surface area (Å²) >= 11 is 6.56. The lowest BCUT2D eigenvalue weighted by Crippen LogP contribution is -2.49. The second-order valence-corrected chi connectivity index (χ2v) is 17.8. The molecule has 4 fully saturated rings. The van der Waals surface area contributed by atoms with Crippen molar-refractivity contribution in [2.75, 3.05) is 72.9 Å². The van der Waals surface area contributed by atoms with Gasteiger partial charge in [0.05, 0.1) is 46.3 Å². The molecule has 1 saturated carbocycles. The molecule has 4 aliphatic heterocycles. The molecular formula is C43H47ClF3N11O4. The van der Waals surface area contributed by atoms with E-state index in [4.69, 9.17) is 26.4 Å². The first kappa shape index (κ1) is 40.5. The summed E-state index contributed by atoms with van der Waals surface area (Å²) in [7, 11) is 3.34. The number of nitrogens with one attached hydrogen (secondary N) is 3. The Morgan fingerprint density at radius 2 is 1.71 bits per heavy atom. The molecule has 10 rings (SSSR count). The molecule has 19 heteroatoms. The van der Waals surface area contributed by atoms with Crippen molar-refractivity contribution in [1.29, 1.82) is 0 Å². The fourth-order valence-corrected chi connectivity index (χ4v) is 9.73. The van der Waals surface area contributed by atoms with Crippen molar-refractivity contribution >= 4 is 74.0 Å². The van der Waals surface area contributed by atoms with E-state index in [2.05, 4.69) is 47.8 Å². The SMILES string of the molecule is Cn1nc(C2CCC(=O)NC2=O)c2ccc(N3CCN(CC4CCN(c5ncc(Cl)c(Nc6cc7c8c(c(=O)n(C)c7cc6F)OCC(F)(F)C(C6CC6)N8)n5)CC4)CC3)cc21. The summed E-state index contributed by atoms with van der Waals surface area (Å²) in [6, 6.07) is 7.73. The molecule has 2 aromatic carbocycles. The van der Waals surface area contributed by atoms with E-state index < -0.39 is 35.9 Å². The van der Waals surface area contributed by atoms with Gasteiger partial charge in [0, 0.05) is 88.9 Å². The van der Waals surface area contributed by atoms with Crippen LogP contribution in [0.1, 0.15) is 50.1 Å². The van der Waals surface area contributed by atoms with Gasteiger partial charge in [-0.15, -0.1) is 0 Å². The first-order valence-corrected chi connectivity index (χ1v) is 21.6. The number of amides is 2. The number of ether oxygens (including phenoxy) is 1. The predicted molar refractivity (Wildman–Crippen MR) is 229 cm³/mol. The van der Waals surface area contributed by atoms with Gasteiger partial charge in [-0.25, -0.2) is 18.2 Å². The van der Waals surface area contributed by atoms with Crippen molar-refractivity contribution in [2.45, 2.75) is 56.4 Å². The van der Waals surface area contributed by atoms with E-state index in [1.54, 1.807) is 0 Å². The number of hydrogen-bond donors (Lipinski definition) is 3. The number of piperidine rings is 2. The average Bonchev–Trinajstić information content (AvgIpc) is 4.06. The maximum atomic E-state index is 15.8. The number of carbonyl (C=O) groups excluding carboxylic acids is 2. The Kier molecular flexibility index (Phi) is 10.2. The number of carbonyl (C=O) groups is 2. The quantitative estimate of drug-likeness (QED) is 0.168. The van der Waals surface area contributed by atoms with Crippen LogP contribution in [-0.4, -0.2) is 105 Å². The number of pyridine rings is 1.